The van der Waals surface area contributed by atoms with Gasteiger partial charge in [0.2, 0.25) is 5.91 Å². The van der Waals surface area contributed by atoms with E-state index in [9.17, 15) is 14.7 Å². The first kappa shape index (κ1) is 34.3. The van der Waals surface area contributed by atoms with Crippen LogP contribution in [0.4, 0.5) is 5.82 Å². The summed E-state index contributed by atoms with van der Waals surface area (Å²) < 4.78 is 11.2. The van der Waals surface area contributed by atoms with Crippen LogP contribution in [0, 0.1) is 12.8 Å². The van der Waals surface area contributed by atoms with Crippen molar-refractivity contribution in [1.29, 1.82) is 0 Å². The van der Waals surface area contributed by atoms with Crippen molar-refractivity contribution in [3.05, 3.63) is 71.1 Å². The van der Waals surface area contributed by atoms with Gasteiger partial charge in [0.25, 0.3) is 5.91 Å². The molecule has 0 radical (unpaired) electrons. The van der Waals surface area contributed by atoms with E-state index in [1.807, 2.05) is 11.0 Å². The Morgan fingerprint density at radius 1 is 1.18 bits per heavy atom. The number of pyridine rings is 1. The number of nitrogens with one attached hydrogen (secondary N) is 2. The first-order valence-electron chi connectivity index (χ1n) is 15.6. The van der Waals surface area contributed by atoms with Crippen LogP contribution in [0.15, 0.2) is 47.5 Å². The maximum absolute atomic E-state index is 12.9. The average molecular weight is 639 g/mol. The van der Waals surface area contributed by atoms with Gasteiger partial charge in [-0.05, 0) is 67.0 Å². The number of rotatable bonds is 12. The molecule has 3 aromatic rings. The maximum Gasteiger partial charge on any atom is 0.251 e. The molecule has 244 valence electrons. The van der Waals surface area contributed by atoms with Gasteiger partial charge in [-0.2, -0.15) is 13.5 Å². The smallest absolute Gasteiger partial charge is 0.251 e. The number of nitrogens with zero attached hydrogens (tertiary/aromatic N) is 4. The maximum atomic E-state index is 12.9. The molecule has 0 saturated carbocycles. The zero-order chi connectivity index (χ0) is 31.1. The van der Waals surface area contributed by atoms with E-state index < -0.39 is 6.10 Å². The van der Waals surface area contributed by atoms with Crippen molar-refractivity contribution in [2.75, 3.05) is 38.0 Å². The second-order valence-electron chi connectivity index (χ2n) is 12.3. The predicted octanol–water partition coefficient (Wildman–Crippen LogP) is 3.67. The van der Waals surface area contributed by atoms with Gasteiger partial charge in [-0.25, -0.2) is 9.97 Å². The van der Waals surface area contributed by atoms with Crippen molar-refractivity contribution in [2.45, 2.75) is 71.8 Å². The lowest BCUT2D eigenvalue weighted by Crippen LogP contribution is -2.43. The number of aliphatic hydroxyl groups is 1. The van der Waals surface area contributed by atoms with Crippen molar-refractivity contribution in [2.24, 2.45) is 5.92 Å². The molecule has 3 N–H and O–H groups in total. The summed E-state index contributed by atoms with van der Waals surface area (Å²) in [5.41, 5.74) is 4.12. The Balaban J connectivity index is 0.00000461. The van der Waals surface area contributed by atoms with Crippen LogP contribution >= 0.6 is 13.5 Å². The van der Waals surface area contributed by atoms with Gasteiger partial charge in [0.05, 0.1) is 12.3 Å². The SMILES string of the molecule is Cc1c(OCc2cnco2)ccc2c1CCN(C[C@@H](O)CNC(=O)c1ccnc(NC3CCN(C(=O)CC(C)C)CC3)c1)C2.S. The summed E-state index contributed by atoms with van der Waals surface area (Å²) in [6.45, 7) is 10.2. The minimum Gasteiger partial charge on any atom is -0.485 e. The topological polar surface area (TPSA) is 133 Å². The van der Waals surface area contributed by atoms with Gasteiger partial charge in [-0.1, -0.05) is 19.9 Å². The standard InChI is InChI=1S/C33H44N6O5.H2S/c1-22(2)14-32(41)39-12-7-26(8-13-39)37-31-15-24(6-10-35-31)33(42)36-16-27(40)19-38-11-9-29-23(3)30(5-4-25(29)18-38)43-20-28-17-34-21-44-28;/h4-6,10,15,17,21-22,26-27,40H,7-9,11-14,16,18-20H2,1-3H3,(H,35,37)(H,36,42);1H2/t27-;/m0./s1. The number of ether oxygens (including phenoxy) is 1. The van der Waals surface area contributed by atoms with E-state index in [0.29, 0.717) is 42.6 Å². The summed E-state index contributed by atoms with van der Waals surface area (Å²) in [5.74, 6) is 2.48. The lowest BCUT2D eigenvalue weighted by atomic mass is 9.94. The molecular formula is C33H46N6O5S. The molecule has 1 aromatic carbocycles. The van der Waals surface area contributed by atoms with Crippen LogP contribution in [0.5, 0.6) is 5.75 Å². The average Bonchev–Trinajstić information content (AvgIpc) is 3.53. The fraction of sp³-hybridized carbons (Fsp3) is 0.515. The number of hydrogen-bond acceptors (Lipinski definition) is 9. The normalized spacial score (nSPS) is 16.1. The molecule has 2 amide bonds. The van der Waals surface area contributed by atoms with Crippen molar-refractivity contribution in [3.8, 4) is 5.75 Å². The number of carbonyl (C=O) groups excluding carboxylic acids is 2. The number of aromatic nitrogens is 2. The van der Waals surface area contributed by atoms with Crippen LogP contribution in [0.25, 0.3) is 0 Å². The molecule has 2 aromatic heterocycles. The number of amides is 2. The number of piperidine rings is 1. The van der Waals surface area contributed by atoms with Gasteiger partial charge in [-0.3, -0.25) is 14.5 Å². The highest BCUT2D eigenvalue weighted by Crippen LogP contribution is 2.30. The molecule has 11 nitrogen and oxygen atoms in total. The zero-order valence-electron chi connectivity index (χ0n) is 26.4. The van der Waals surface area contributed by atoms with Gasteiger partial charge in [-0.15, -0.1) is 0 Å². The third-order valence-electron chi connectivity index (χ3n) is 8.34. The Labute approximate surface area is 272 Å². The predicted molar refractivity (Wildman–Crippen MR) is 177 cm³/mol. The monoisotopic (exact) mass is 638 g/mol. The molecule has 12 heteroatoms. The third kappa shape index (κ3) is 9.44. The minimum atomic E-state index is -0.700. The highest BCUT2D eigenvalue weighted by molar-refractivity contribution is 7.59. The summed E-state index contributed by atoms with van der Waals surface area (Å²) in [6.07, 6.45) is 7.09. The van der Waals surface area contributed by atoms with Crippen LogP contribution in [0.1, 0.15) is 65.9 Å². The molecule has 4 heterocycles. The Bertz CT molecular complexity index is 1410. The number of anilines is 1. The first-order chi connectivity index (χ1) is 21.2. The molecule has 0 bridgehead atoms. The summed E-state index contributed by atoms with van der Waals surface area (Å²) in [6, 6.07) is 7.69. The van der Waals surface area contributed by atoms with E-state index in [-0.39, 0.29) is 37.9 Å². The van der Waals surface area contributed by atoms with Crippen LogP contribution in [-0.2, 0) is 24.4 Å². The highest BCUT2D eigenvalue weighted by atomic mass is 32.1. The number of oxazole rings is 1. The molecule has 0 unspecified atom stereocenters. The molecule has 0 aliphatic carbocycles. The van der Waals surface area contributed by atoms with E-state index in [4.69, 9.17) is 9.15 Å². The Kier molecular flexibility index (Phi) is 12.3. The molecule has 1 saturated heterocycles. The van der Waals surface area contributed by atoms with Gasteiger partial charge in [0.1, 0.15) is 18.2 Å². The van der Waals surface area contributed by atoms with E-state index in [1.165, 1.54) is 17.5 Å². The molecule has 1 atom stereocenters. The van der Waals surface area contributed by atoms with Crippen LogP contribution in [-0.4, -0.2) is 81.6 Å². The molecule has 2 aliphatic rings. The summed E-state index contributed by atoms with van der Waals surface area (Å²) in [4.78, 5) is 37.7. The third-order valence-corrected chi connectivity index (χ3v) is 8.34. The quantitative estimate of drug-likeness (QED) is 0.272. The Hall–Kier alpha value is -3.61. The summed E-state index contributed by atoms with van der Waals surface area (Å²) >= 11 is 0. The van der Waals surface area contributed by atoms with Crippen molar-refractivity contribution >= 4 is 31.1 Å². The van der Waals surface area contributed by atoms with E-state index in [1.54, 1.807) is 24.5 Å². The molecule has 45 heavy (non-hydrogen) atoms. The van der Waals surface area contributed by atoms with E-state index in [0.717, 1.165) is 56.8 Å². The number of fused-ring (bicyclic) bond motifs is 1. The summed E-state index contributed by atoms with van der Waals surface area (Å²) in [5, 5.41) is 17.0. The first-order valence-corrected chi connectivity index (χ1v) is 15.6. The largest absolute Gasteiger partial charge is 0.485 e. The number of hydrogen-bond donors (Lipinski definition) is 3. The van der Waals surface area contributed by atoms with Crippen LogP contribution < -0.4 is 15.4 Å². The number of aliphatic hydroxyl groups excluding tert-OH is 1. The fourth-order valence-electron chi connectivity index (χ4n) is 5.94. The zero-order valence-corrected chi connectivity index (χ0v) is 27.4. The van der Waals surface area contributed by atoms with Crippen molar-refractivity contribution in [3.63, 3.8) is 0 Å². The number of β-amino-alcohol motifs (C(OH)–C–C–N with tert-alkyl or cyclic N) is 1. The fourth-order valence-corrected chi connectivity index (χ4v) is 5.94. The molecule has 0 spiro atoms. The number of likely N-dealkylation sites (tertiary alicyclic amines) is 1. The molecular weight excluding hydrogens is 592 g/mol. The van der Waals surface area contributed by atoms with E-state index >= 15 is 0 Å². The van der Waals surface area contributed by atoms with Gasteiger partial charge in [0.15, 0.2) is 12.2 Å². The second kappa shape index (κ2) is 16.1. The Morgan fingerprint density at radius 3 is 2.71 bits per heavy atom. The molecule has 2 aliphatic heterocycles. The van der Waals surface area contributed by atoms with Crippen LogP contribution in [0.3, 0.4) is 0 Å². The summed E-state index contributed by atoms with van der Waals surface area (Å²) in [7, 11) is 0. The van der Waals surface area contributed by atoms with Crippen LogP contribution in [0.2, 0.25) is 0 Å². The molecule has 5 rings (SSSR count). The van der Waals surface area contributed by atoms with Crippen molar-refractivity contribution in [1.82, 2.24) is 25.1 Å². The number of carbonyl (C=O) groups is 2. The van der Waals surface area contributed by atoms with E-state index in [2.05, 4.69) is 52.3 Å². The number of benzene rings is 1. The lowest BCUT2D eigenvalue weighted by molar-refractivity contribution is -0.132. The molecule has 1 fully saturated rings. The van der Waals surface area contributed by atoms with Gasteiger partial charge >= 0.3 is 0 Å². The highest BCUT2D eigenvalue weighted by Gasteiger charge is 2.24. The van der Waals surface area contributed by atoms with Gasteiger partial charge in [0, 0.05) is 63.5 Å². The van der Waals surface area contributed by atoms with Gasteiger partial charge < -0.3 is 29.8 Å². The minimum absolute atomic E-state index is 0. The van der Waals surface area contributed by atoms with Crippen molar-refractivity contribution < 1.29 is 23.8 Å². The lowest BCUT2D eigenvalue weighted by Gasteiger charge is -2.33. The second-order valence-corrected chi connectivity index (χ2v) is 12.3. The Morgan fingerprint density at radius 2 is 1.98 bits per heavy atom.